The van der Waals surface area contributed by atoms with Gasteiger partial charge in [0.25, 0.3) is 0 Å². The molecule has 2 aromatic heterocycles. The fourth-order valence-electron chi connectivity index (χ4n) is 4.72. The summed E-state index contributed by atoms with van der Waals surface area (Å²) in [7, 11) is 0. The van der Waals surface area contributed by atoms with Gasteiger partial charge in [-0.05, 0) is 12.8 Å². The van der Waals surface area contributed by atoms with E-state index in [0.717, 1.165) is 88.6 Å². The fourth-order valence-corrected chi connectivity index (χ4v) is 4.72. The van der Waals surface area contributed by atoms with Crippen LogP contribution >= 0.6 is 0 Å². The third kappa shape index (κ3) is 4.38. The molecular weight excluding hydrogens is 382 g/mol. The van der Waals surface area contributed by atoms with Crippen LogP contribution in [0.2, 0.25) is 0 Å². The van der Waals surface area contributed by atoms with E-state index < -0.39 is 0 Å². The highest BCUT2D eigenvalue weighted by atomic mass is 16.5. The lowest BCUT2D eigenvalue weighted by atomic mass is 9.95. The first-order chi connectivity index (χ1) is 14.9. The van der Waals surface area contributed by atoms with Crippen molar-refractivity contribution in [3.05, 3.63) is 6.33 Å². The molecule has 2 aromatic rings. The van der Waals surface area contributed by atoms with E-state index in [1.165, 1.54) is 32.1 Å². The Morgan fingerprint density at radius 1 is 0.933 bits per heavy atom. The quantitative estimate of drug-likeness (QED) is 0.766. The molecule has 4 heterocycles. The van der Waals surface area contributed by atoms with Gasteiger partial charge in [-0.2, -0.15) is 9.97 Å². The maximum atomic E-state index is 5.53. The number of nitrogens with zero attached hydrogens (tertiary/aromatic N) is 6. The molecule has 9 heteroatoms. The lowest BCUT2D eigenvalue weighted by Crippen LogP contribution is -2.39. The molecule has 164 valence electrons. The van der Waals surface area contributed by atoms with Gasteiger partial charge in [-0.15, -0.1) is 0 Å². The molecule has 0 radical (unpaired) electrons. The SMILES string of the molecule is c1nc2c(NCCN3CCOCC3)nc(N3CCOCC3)nc2n1C1CCCCC1. The van der Waals surface area contributed by atoms with Crippen molar-refractivity contribution in [2.45, 2.75) is 38.1 Å². The molecular formula is C21H33N7O2. The third-order valence-electron chi connectivity index (χ3n) is 6.50. The number of morpholine rings is 2. The van der Waals surface area contributed by atoms with Crippen LogP contribution in [0, 0.1) is 0 Å². The molecule has 0 bridgehead atoms. The second kappa shape index (κ2) is 9.45. The number of rotatable bonds is 6. The maximum absolute atomic E-state index is 5.53. The van der Waals surface area contributed by atoms with E-state index in [0.29, 0.717) is 6.04 Å². The normalized spacial score (nSPS) is 21.9. The summed E-state index contributed by atoms with van der Waals surface area (Å²) in [6, 6.07) is 0.498. The van der Waals surface area contributed by atoms with Crippen LogP contribution in [-0.2, 0) is 9.47 Å². The van der Waals surface area contributed by atoms with Crippen molar-refractivity contribution >= 4 is 22.9 Å². The number of anilines is 2. The lowest BCUT2D eigenvalue weighted by Gasteiger charge is -2.28. The minimum atomic E-state index is 0.498. The van der Waals surface area contributed by atoms with Crippen molar-refractivity contribution in [3.63, 3.8) is 0 Å². The van der Waals surface area contributed by atoms with Crippen molar-refractivity contribution in [3.8, 4) is 0 Å². The predicted molar refractivity (Wildman–Crippen MR) is 116 cm³/mol. The number of ether oxygens (including phenoxy) is 2. The molecule has 2 aliphatic heterocycles. The zero-order valence-electron chi connectivity index (χ0n) is 17.8. The van der Waals surface area contributed by atoms with Crippen LogP contribution in [0.3, 0.4) is 0 Å². The Balaban J connectivity index is 1.40. The summed E-state index contributed by atoms with van der Waals surface area (Å²) in [5.41, 5.74) is 1.85. The first-order valence-corrected chi connectivity index (χ1v) is 11.5. The van der Waals surface area contributed by atoms with E-state index in [1.54, 1.807) is 0 Å². The lowest BCUT2D eigenvalue weighted by molar-refractivity contribution is 0.0398. The molecule has 3 aliphatic rings. The van der Waals surface area contributed by atoms with Gasteiger partial charge in [0.15, 0.2) is 17.0 Å². The van der Waals surface area contributed by atoms with Gasteiger partial charge in [-0.25, -0.2) is 4.98 Å². The van der Waals surface area contributed by atoms with E-state index in [4.69, 9.17) is 24.4 Å². The minimum absolute atomic E-state index is 0.498. The minimum Gasteiger partial charge on any atom is -0.379 e. The van der Waals surface area contributed by atoms with Gasteiger partial charge in [0.2, 0.25) is 5.95 Å². The van der Waals surface area contributed by atoms with Crippen LogP contribution in [0.5, 0.6) is 0 Å². The summed E-state index contributed by atoms with van der Waals surface area (Å²) in [5.74, 6) is 1.64. The Labute approximate surface area is 177 Å². The Kier molecular flexibility index (Phi) is 6.29. The van der Waals surface area contributed by atoms with Crippen molar-refractivity contribution < 1.29 is 9.47 Å². The molecule has 2 saturated heterocycles. The number of nitrogens with one attached hydrogen (secondary N) is 1. The molecule has 0 aromatic carbocycles. The molecule has 1 saturated carbocycles. The maximum Gasteiger partial charge on any atom is 0.229 e. The second-order valence-corrected chi connectivity index (χ2v) is 8.47. The molecule has 30 heavy (non-hydrogen) atoms. The molecule has 0 unspecified atom stereocenters. The molecule has 9 nitrogen and oxygen atoms in total. The largest absolute Gasteiger partial charge is 0.379 e. The molecule has 1 N–H and O–H groups in total. The van der Waals surface area contributed by atoms with Crippen molar-refractivity contribution in [2.24, 2.45) is 0 Å². The number of hydrogen-bond acceptors (Lipinski definition) is 8. The Morgan fingerprint density at radius 2 is 1.67 bits per heavy atom. The van der Waals surface area contributed by atoms with Crippen LogP contribution in [-0.4, -0.2) is 90.1 Å². The molecule has 1 aliphatic carbocycles. The average Bonchev–Trinajstić information content (AvgIpc) is 3.25. The van der Waals surface area contributed by atoms with E-state index >= 15 is 0 Å². The number of hydrogen-bond donors (Lipinski definition) is 1. The average molecular weight is 416 g/mol. The summed E-state index contributed by atoms with van der Waals surface area (Å²) >= 11 is 0. The van der Waals surface area contributed by atoms with E-state index in [2.05, 4.69) is 19.7 Å². The Morgan fingerprint density at radius 3 is 2.43 bits per heavy atom. The summed E-state index contributed by atoms with van der Waals surface area (Å²) in [6.07, 6.45) is 8.31. The standard InChI is InChI=1S/C21H33N7O2/c1-2-4-17(5-3-1)28-16-23-18-19(22-6-7-26-8-12-29-13-9-26)24-21(25-20(18)28)27-10-14-30-15-11-27/h16-17H,1-15H2,(H,22,24,25). The Bertz CT molecular complexity index is 824. The number of aromatic nitrogens is 4. The van der Waals surface area contributed by atoms with Crippen LogP contribution in [0.4, 0.5) is 11.8 Å². The van der Waals surface area contributed by atoms with Gasteiger partial charge >= 0.3 is 0 Å². The first kappa shape index (κ1) is 20.0. The third-order valence-corrected chi connectivity index (χ3v) is 6.50. The number of imidazole rings is 1. The van der Waals surface area contributed by atoms with Crippen LogP contribution in [0.1, 0.15) is 38.1 Å². The zero-order chi connectivity index (χ0) is 20.2. The first-order valence-electron chi connectivity index (χ1n) is 11.5. The summed E-state index contributed by atoms with van der Waals surface area (Å²) < 4.78 is 13.3. The van der Waals surface area contributed by atoms with Gasteiger partial charge in [-0.1, -0.05) is 19.3 Å². The molecule has 0 amide bonds. The van der Waals surface area contributed by atoms with Crippen LogP contribution in [0.15, 0.2) is 6.33 Å². The van der Waals surface area contributed by atoms with Crippen LogP contribution < -0.4 is 10.2 Å². The summed E-state index contributed by atoms with van der Waals surface area (Å²) in [4.78, 5) is 19.3. The van der Waals surface area contributed by atoms with E-state index in [1.807, 2.05) is 6.33 Å². The monoisotopic (exact) mass is 415 g/mol. The second-order valence-electron chi connectivity index (χ2n) is 8.47. The molecule has 0 spiro atoms. The van der Waals surface area contributed by atoms with Gasteiger partial charge in [0.05, 0.1) is 32.8 Å². The molecule has 5 rings (SSSR count). The highest BCUT2D eigenvalue weighted by Gasteiger charge is 2.23. The van der Waals surface area contributed by atoms with Crippen molar-refractivity contribution in [2.75, 3.05) is 75.9 Å². The van der Waals surface area contributed by atoms with Gasteiger partial charge in [0, 0.05) is 45.3 Å². The highest BCUT2D eigenvalue weighted by Crippen LogP contribution is 2.32. The fraction of sp³-hybridized carbons (Fsp3) is 0.762. The van der Waals surface area contributed by atoms with Crippen molar-refractivity contribution in [1.82, 2.24) is 24.4 Å². The Hall–Kier alpha value is -1.97. The van der Waals surface area contributed by atoms with E-state index in [9.17, 15) is 0 Å². The summed E-state index contributed by atoms with van der Waals surface area (Å²) in [6.45, 7) is 8.57. The van der Waals surface area contributed by atoms with E-state index in [-0.39, 0.29) is 0 Å². The highest BCUT2D eigenvalue weighted by molar-refractivity contribution is 5.84. The topological polar surface area (TPSA) is 80.6 Å². The van der Waals surface area contributed by atoms with Gasteiger partial charge in [-0.3, -0.25) is 4.90 Å². The van der Waals surface area contributed by atoms with Crippen molar-refractivity contribution in [1.29, 1.82) is 0 Å². The zero-order valence-corrected chi connectivity index (χ0v) is 17.8. The van der Waals surface area contributed by atoms with Gasteiger partial charge < -0.3 is 24.3 Å². The van der Waals surface area contributed by atoms with Gasteiger partial charge in [0.1, 0.15) is 0 Å². The smallest absolute Gasteiger partial charge is 0.229 e. The van der Waals surface area contributed by atoms with Crippen LogP contribution in [0.25, 0.3) is 11.2 Å². The predicted octanol–water partition coefficient (Wildman–Crippen LogP) is 1.91. The molecule has 0 atom stereocenters. The molecule has 3 fully saturated rings. The summed E-state index contributed by atoms with van der Waals surface area (Å²) in [5, 5.41) is 3.56. The number of fused-ring (bicyclic) bond motifs is 1.